The van der Waals surface area contributed by atoms with Crippen molar-refractivity contribution in [3.63, 3.8) is 0 Å². The van der Waals surface area contributed by atoms with Crippen LogP contribution in [0, 0.1) is 0 Å². The third-order valence-corrected chi connectivity index (χ3v) is 4.97. The van der Waals surface area contributed by atoms with Crippen LogP contribution in [0.25, 0.3) is 0 Å². The first kappa shape index (κ1) is 17.5. The first-order chi connectivity index (χ1) is 11.2. The molecule has 0 aliphatic rings. The summed E-state index contributed by atoms with van der Waals surface area (Å²) in [7, 11) is 1.79. The van der Waals surface area contributed by atoms with Crippen LogP contribution in [0.5, 0.6) is 0 Å². The Morgan fingerprint density at radius 3 is 2.78 bits per heavy atom. The molecule has 0 saturated carbocycles. The van der Waals surface area contributed by atoms with Crippen LogP contribution >= 0.6 is 11.3 Å². The summed E-state index contributed by atoms with van der Waals surface area (Å²) in [6.07, 6.45) is 1.73. The van der Waals surface area contributed by atoms with E-state index in [-0.39, 0.29) is 0 Å². The summed E-state index contributed by atoms with van der Waals surface area (Å²) in [6, 6.07) is 4.26. The number of thiophene rings is 1. The van der Waals surface area contributed by atoms with Gasteiger partial charge in [0.25, 0.3) is 0 Å². The summed E-state index contributed by atoms with van der Waals surface area (Å²) in [4.78, 5) is 5.68. The molecule has 0 fully saturated rings. The van der Waals surface area contributed by atoms with Crippen LogP contribution in [0.2, 0.25) is 0 Å². The van der Waals surface area contributed by atoms with Gasteiger partial charge < -0.3 is 15.2 Å². The van der Waals surface area contributed by atoms with Gasteiger partial charge in [-0.1, -0.05) is 32.0 Å². The van der Waals surface area contributed by atoms with Crippen molar-refractivity contribution in [3.8, 4) is 0 Å². The van der Waals surface area contributed by atoms with Gasteiger partial charge in [-0.3, -0.25) is 4.99 Å². The van der Waals surface area contributed by atoms with E-state index in [0.29, 0.717) is 12.5 Å². The predicted octanol–water partition coefficient (Wildman–Crippen LogP) is 3.33. The van der Waals surface area contributed by atoms with E-state index in [2.05, 4.69) is 59.1 Å². The lowest BCUT2D eigenvalue weighted by molar-refractivity contribution is 0.380. The zero-order chi connectivity index (χ0) is 16.7. The van der Waals surface area contributed by atoms with E-state index >= 15 is 0 Å². The number of nitrogens with one attached hydrogen (secondary N) is 2. The summed E-state index contributed by atoms with van der Waals surface area (Å²) in [5.41, 5.74) is 2.18. The van der Waals surface area contributed by atoms with Crippen LogP contribution in [0.3, 0.4) is 0 Å². The Kier molecular flexibility index (Phi) is 6.65. The van der Waals surface area contributed by atoms with Crippen LogP contribution in [0.15, 0.2) is 27.0 Å². The van der Waals surface area contributed by atoms with E-state index in [1.165, 1.54) is 4.88 Å². The fraction of sp³-hybridized carbons (Fsp3) is 0.529. The Bertz CT molecular complexity index is 597. The molecule has 2 aromatic heterocycles. The van der Waals surface area contributed by atoms with Crippen molar-refractivity contribution in [2.75, 3.05) is 13.6 Å². The molecule has 2 aromatic rings. The molecule has 6 heteroatoms. The average molecular weight is 334 g/mol. The number of aryl methyl sites for hydroxylation is 2. The highest BCUT2D eigenvalue weighted by atomic mass is 32.1. The smallest absolute Gasteiger partial charge is 0.191 e. The summed E-state index contributed by atoms with van der Waals surface area (Å²) < 4.78 is 5.40. The summed E-state index contributed by atoms with van der Waals surface area (Å²) in [5.74, 6) is 2.22. The number of hydrogen-bond acceptors (Lipinski definition) is 4. The first-order valence-corrected chi connectivity index (χ1v) is 9.01. The van der Waals surface area contributed by atoms with Crippen LogP contribution in [0.4, 0.5) is 0 Å². The molecular formula is C17H26N4OS. The normalized spacial score (nSPS) is 13.1. The number of guanidine groups is 1. The summed E-state index contributed by atoms with van der Waals surface area (Å²) in [6.45, 7) is 7.93. The SMILES string of the molecule is CCc1noc(CC)c1CNC(=NC)NCC(C)c1cccs1. The summed E-state index contributed by atoms with van der Waals surface area (Å²) >= 11 is 1.79. The molecule has 0 aromatic carbocycles. The van der Waals surface area contributed by atoms with Crippen molar-refractivity contribution in [1.29, 1.82) is 0 Å². The second kappa shape index (κ2) is 8.72. The molecule has 0 aliphatic carbocycles. The number of rotatable bonds is 7. The number of nitrogens with zero attached hydrogens (tertiary/aromatic N) is 2. The molecule has 2 N–H and O–H groups in total. The Hall–Kier alpha value is -1.82. The van der Waals surface area contributed by atoms with E-state index in [4.69, 9.17) is 4.52 Å². The molecule has 1 atom stereocenters. The van der Waals surface area contributed by atoms with Crippen molar-refractivity contribution in [2.24, 2.45) is 4.99 Å². The fourth-order valence-electron chi connectivity index (χ4n) is 2.45. The Morgan fingerprint density at radius 1 is 1.35 bits per heavy atom. The highest BCUT2D eigenvalue weighted by Crippen LogP contribution is 2.19. The van der Waals surface area contributed by atoms with E-state index < -0.39 is 0 Å². The topological polar surface area (TPSA) is 62.5 Å². The number of hydrogen-bond donors (Lipinski definition) is 2. The fourth-order valence-corrected chi connectivity index (χ4v) is 3.24. The van der Waals surface area contributed by atoms with Crippen molar-refractivity contribution >= 4 is 17.3 Å². The standard InChI is InChI=1S/C17H26N4OS/c1-5-14-13(15(6-2)22-21-14)11-20-17(18-4)19-10-12(3)16-8-7-9-23-16/h7-9,12H,5-6,10-11H2,1-4H3,(H2,18,19,20). The molecule has 0 spiro atoms. The van der Waals surface area contributed by atoms with Gasteiger partial charge in [-0.05, 0) is 17.9 Å². The van der Waals surface area contributed by atoms with Gasteiger partial charge >= 0.3 is 0 Å². The van der Waals surface area contributed by atoms with Gasteiger partial charge in [0.1, 0.15) is 5.76 Å². The largest absolute Gasteiger partial charge is 0.361 e. The minimum Gasteiger partial charge on any atom is -0.361 e. The quantitative estimate of drug-likeness (QED) is 0.602. The zero-order valence-corrected chi connectivity index (χ0v) is 15.2. The maximum absolute atomic E-state index is 5.40. The van der Waals surface area contributed by atoms with Gasteiger partial charge in [0, 0.05) is 42.9 Å². The van der Waals surface area contributed by atoms with E-state index in [0.717, 1.165) is 42.4 Å². The third kappa shape index (κ3) is 4.58. The minimum absolute atomic E-state index is 0.460. The molecular weight excluding hydrogens is 308 g/mol. The Morgan fingerprint density at radius 2 is 2.17 bits per heavy atom. The van der Waals surface area contributed by atoms with Crippen LogP contribution < -0.4 is 10.6 Å². The predicted molar refractivity (Wildman–Crippen MR) is 96.2 cm³/mol. The van der Waals surface area contributed by atoms with Crippen LogP contribution in [-0.4, -0.2) is 24.7 Å². The molecule has 5 nitrogen and oxygen atoms in total. The van der Waals surface area contributed by atoms with Gasteiger partial charge in [-0.2, -0.15) is 0 Å². The molecule has 0 saturated heterocycles. The van der Waals surface area contributed by atoms with E-state index in [1.807, 2.05) is 0 Å². The Balaban J connectivity index is 1.89. The van der Waals surface area contributed by atoms with Crippen molar-refractivity contribution < 1.29 is 4.52 Å². The van der Waals surface area contributed by atoms with Gasteiger partial charge in [0.05, 0.1) is 5.69 Å². The Labute approximate surface area is 142 Å². The third-order valence-electron chi connectivity index (χ3n) is 3.87. The molecule has 2 rings (SSSR count). The van der Waals surface area contributed by atoms with E-state index in [1.54, 1.807) is 18.4 Å². The lowest BCUT2D eigenvalue weighted by Gasteiger charge is -2.15. The lowest BCUT2D eigenvalue weighted by atomic mass is 10.1. The molecule has 0 aliphatic heterocycles. The van der Waals surface area contributed by atoms with Gasteiger partial charge in [0.15, 0.2) is 5.96 Å². The van der Waals surface area contributed by atoms with Gasteiger partial charge in [0.2, 0.25) is 0 Å². The van der Waals surface area contributed by atoms with Gasteiger partial charge in [-0.15, -0.1) is 11.3 Å². The second-order valence-corrected chi connectivity index (χ2v) is 6.44. The molecule has 2 heterocycles. The highest BCUT2D eigenvalue weighted by molar-refractivity contribution is 7.10. The lowest BCUT2D eigenvalue weighted by Crippen LogP contribution is -2.38. The van der Waals surface area contributed by atoms with Crippen LogP contribution in [-0.2, 0) is 19.4 Å². The molecule has 0 bridgehead atoms. The second-order valence-electron chi connectivity index (χ2n) is 5.46. The molecule has 0 amide bonds. The zero-order valence-electron chi connectivity index (χ0n) is 14.3. The average Bonchev–Trinajstić information content (AvgIpc) is 3.23. The van der Waals surface area contributed by atoms with E-state index in [9.17, 15) is 0 Å². The summed E-state index contributed by atoms with van der Waals surface area (Å²) in [5, 5.41) is 13.0. The maximum Gasteiger partial charge on any atom is 0.191 e. The molecule has 0 radical (unpaired) electrons. The molecule has 1 unspecified atom stereocenters. The van der Waals surface area contributed by atoms with Crippen molar-refractivity contribution in [1.82, 2.24) is 15.8 Å². The van der Waals surface area contributed by atoms with Crippen molar-refractivity contribution in [2.45, 2.75) is 46.1 Å². The van der Waals surface area contributed by atoms with Gasteiger partial charge in [-0.25, -0.2) is 0 Å². The monoisotopic (exact) mass is 334 g/mol. The highest BCUT2D eigenvalue weighted by Gasteiger charge is 2.14. The minimum atomic E-state index is 0.460. The maximum atomic E-state index is 5.40. The first-order valence-electron chi connectivity index (χ1n) is 8.13. The molecule has 126 valence electrons. The number of aliphatic imine (C=N–C) groups is 1. The van der Waals surface area contributed by atoms with Crippen LogP contribution in [0.1, 0.15) is 48.6 Å². The molecule has 23 heavy (non-hydrogen) atoms. The van der Waals surface area contributed by atoms with Crippen molar-refractivity contribution in [3.05, 3.63) is 39.4 Å². The number of aromatic nitrogens is 1.